The van der Waals surface area contributed by atoms with E-state index in [0.717, 1.165) is 43.9 Å². The molecule has 3 N–H and O–H groups in total. The zero-order chi connectivity index (χ0) is 11.6. The van der Waals surface area contributed by atoms with E-state index in [9.17, 15) is 9.90 Å². The number of carboxylic acids is 1. The van der Waals surface area contributed by atoms with E-state index in [-0.39, 0.29) is 0 Å². The molecule has 0 aromatic carbocycles. The van der Waals surface area contributed by atoms with Crippen LogP contribution < -0.4 is 5.73 Å². The second kappa shape index (κ2) is 4.94. The number of likely N-dealkylation sites (tertiary alicyclic amines) is 1. The number of carbonyl (C=O) groups is 1. The molecule has 2 fully saturated rings. The molecule has 0 radical (unpaired) electrons. The molecule has 92 valence electrons. The maximum atomic E-state index is 11.6. The summed E-state index contributed by atoms with van der Waals surface area (Å²) in [5, 5.41) is 9.53. The van der Waals surface area contributed by atoms with Crippen LogP contribution in [0.5, 0.6) is 0 Å². The molecule has 0 aromatic rings. The van der Waals surface area contributed by atoms with Gasteiger partial charge in [-0.3, -0.25) is 9.69 Å². The van der Waals surface area contributed by atoms with Crippen LogP contribution in [0.25, 0.3) is 0 Å². The molecule has 5 heteroatoms. The molecule has 1 unspecified atom stereocenters. The SMILES string of the molecule is NCC1CCN(C2(C(=O)O)CCSCC2)C1. The highest BCUT2D eigenvalue weighted by atomic mass is 32.2. The summed E-state index contributed by atoms with van der Waals surface area (Å²) in [7, 11) is 0. The molecule has 0 aromatic heterocycles. The maximum absolute atomic E-state index is 11.6. The predicted molar refractivity (Wildman–Crippen MR) is 65.7 cm³/mol. The van der Waals surface area contributed by atoms with Crippen LogP contribution in [0.15, 0.2) is 0 Å². The van der Waals surface area contributed by atoms with Crippen LogP contribution in [0.2, 0.25) is 0 Å². The molecule has 16 heavy (non-hydrogen) atoms. The van der Waals surface area contributed by atoms with Gasteiger partial charge in [0.2, 0.25) is 0 Å². The van der Waals surface area contributed by atoms with E-state index in [1.807, 2.05) is 11.8 Å². The fourth-order valence-electron chi connectivity index (χ4n) is 2.79. The predicted octanol–water partition coefficient (Wildman–Crippen LogP) is 0.617. The average Bonchev–Trinajstić information content (AvgIpc) is 2.78. The minimum atomic E-state index is -0.634. The van der Waals surface area contributed by atoms with E-state index in [2.05, 4.69) is 4.90 Å². The van der Waals surface area contributed by atoms with E-state index >= 15 is 0 Å². The summed E-state index contributed by atoms with van der Waals surface area (Å²) in [4.78, 5) is 13.7. The molecule has 2 aliphatic heterocycles. The first-order chi connectivity index (χ1) is 7.69. The lowest BCUT2D eigenvalue weighted by Gasteiger charge is -2.40. The molecule has 0 amide bonds. The lowest BCUT2D eigenvalue weighted by Crippen LogP contribution is -2.56. The molecule has 0 bridgehead atoms. The van der Waals surface area contributed by atoms with Gasteiger partial charge in [0.25, 0.3) is 0 Å². The van der Waals surface area contributed by atoms with Gasteiger partial charge in [0, 0.05) is 6.54 Å². The second-order valence-electron chi connectivity index (χ2n) is 4.79. The van der Waals surface area contributed by atoms with Crippen LogP contribution in [-0.4, -0.2) is 52.7 Å². The summed E-state index contributed by atoms with van der Waals surface area (Å²) >= 11 is 1.87. The topological polar surface area (TPSA) is 66.6 Å². The highest BCUT2D eigenvalue weighted by Crippen LogP contribution is 2.36. The summed E-state index contributed by atoms with van der Waals surface area (Å²) in [6.07, 6.45) is 2.62. The van der Waals surface area contributed by atoms with E-state index in [0.29, 0.717) is 12.5 Å². The monoisotopic (exact) mass is 244 g/mol. The van der Waals surface area contributed by atoms with E-state index in [4.69, 9.17) is 5.73 Å². The smallest absolute Gasteiger partial charge is 0.324 e. The summed E-state index contributed by atoms with van der Waals surface area (Å²) < 4.78 is 0. The Bertz CT molecular complexity index is 267. The molecule has 2 aliphatic rings. The number of nitrogens with zero attached hydrogens (tertiary/aromatic N) is 1. The van der Waals surface area contributed by atoms with Gasteiger partial charge in [-0.05, 0) is 49.8 Å². The molecule has 2 heterocycles. The number of rotatable bonds is 3. The van der Waals surface area contributed by atoms with Crippen molar-refractivity contribution in [2.24, 2.45) is 11.7 Å². The standard InChI is InChI=1S/C11H20N2O2S/c12-7-9-1-4-13(8-9)11(10(14)15)2-5-16-6-3-11/h9H,1-8,12H2,(H,14,15). The number of hydrogen-bond donors (Lipinski definition) is 2. The third-order valence-electron chi connectivity index (χ3n) is 3.94. The van der Waals surface area contributed by atoms with Crippen molar-refractivity contribution in [3.63, 3.8) is 0 Å². The molecular weight excluding hydrogens is 224 g/mol. The van der Waals surface area contributed by atoms with E-state index < -0.39 is 11.5 Å². The highest BCUT2D eigenvalue weighted by molar-refractivity contribution is 7.99. The molecule has 2 saturated heterocycles. The number of aliphatic carboxylic acids is 1. The number of nitrogens with two attached hydrogens (primary N) is 1. The third kappa shape index (κ3) is 2.08. The summed E-state index contributed by atoms with van der Waals surface area (Å²) in [6.45, 7) is 2.45. The largest absolute Gasteiger partial charge is 0.480 e. The third-order valence-corrected chi connectivity index (χ3v) is 4.93. The van der Waals surface area contributed by atoms with Crippen LogP contribution in [0.3, 0.4) is 0 Å². The lowest BCUT2D eigenvalue weighted by atomic mass is 9.90. The lowest BCUT2D eigenvalue weighted by molar-refractivity contribution is -0.151. The van der Waals surface area contributed by atoms with Gasteiger partial charge >= 0.3 is 5.97 Å². The Hall–Kier alpha value is -0.260. The van der Waals surface area contributed by atoms with Crippen molar-refractivity contribution in [2.75, 3.05) is 31.1 Å². The Kier molecular flexibility index (Phi) is 3.77. The first-order valence-electron chi connectivity index (χ1n) is 5.95. The quantitative estimate of drug-likeness (QED) is 0.762. The minimum absolute atomic E-state index is 0.491. The first kappa shape index (κ1) is 12.2. The highest BCUT2D eigenvalue weighted by Gasteiger charge is 2.47. The first-order valence-corrected chi connectivity index (χ1v) is 7.11. The van der Waals surface area contributed by atoms with Crippen molar-refractivity contribution in [3.8, 4) is 0 Å². The normalized spacial score (nSPS) is 30.4. The summed E-state index contributed by atoms with van der Waals surface area (Å²) in [6, 6.07) is 0. The zero-order valence-corrected chi connectivity index (χ0v) is 10.3. The molecular formula is C11H20N2O2S. The fourth-order valence-corrected chi connectivity index (χ4v) is 3.96. The van der Waals surface area contributed by atoms with Crippen molar-refractivity contribution in [3.05, 3.63) is 0 Å². The van der Waals surface area contributed by atoms with Crippen molar-refractivity contribution in [1.29, 1.82) is 0 Å². The van der Waals surface area contributed by atoms with Gasteiger partial charge in [-0.15, -0.1) is 0 Å². The maximum Gasteiger partial charge on any atom is 0.324 e. The second-order valence-corrected chi connectivity index (χ2v) is 6.01. The number of thioether (sulfide) groups is 1. The summed E-state index contributed by atoms with van der Waals surface area (Å²) in [5.74, 6) is 1.79. The molecule has 0 spiro atoms. The fraction of sp³-hybridized carbons (Fsp3) is 0.909. The van der Waals surface area contributed by atoms with Crippen LogP contribution in [0.4, 0.5) is 0 Å². The molecule has 4 nitrogen and oxygen atoms in total. The molecule has 2 rings (SSSR count). The van der Waals surface area contributed by atoms with Crippen molar-refractivity contribution in [1.82, 2.24) is 4.90 Å². The molecule has 0 aliphatic carbocycles. The van der Waals surface area contributed by atoms with Gasteiger partial charge in [-0.2, -0.15) is 11.8 Å². The number of carboxylic acid groups (broad SMARTS) is 1. The Morgan fingerprint density at radius 2 is 2.19 bits per heavy atom. The average molecular weight is 244 g/mol. The van der Waals surface area contributed by atoms with Crippen LogP contribution in [0, 0.1) is 5.92 Å². The van der Waals surface area contributed by atoms with Gasteiger partial charge in [0.05, 0.1) is 0 Å². The molecule has 0 saturated carbocycles. The van der Waals surface area contributed by atoms with Gasteiger partial charge in [0.15, 0.2) is 0 Å². The number of hydrogen-bond acceptors (Lipinski definition) is 4. The van der Waals surface area contributed by atoms with Crippen molar-refractivity contribution in [2.45, 2.75) is 24.8 Å². The molecule has 1 atom stereocenters. The van der Waals surface area contributed by atoms with Crippen LogP contribution >= 0.6 is 11.8 Å². The Balaban J connectivity index is 2.10. The van der Waals surface area contributed by atoms with E-state index in [1.165, 1.54) is 0 Å². The Labute approximate surface area is 101 Å². The summed E-state index contributed by atoms with van der Waals surface area (Å²) in [5.41, 5.74) is 5.08. The Morgan fingerprint density at radius 3 is 2.69 bits per heavy atom. The van der Waals surface area contributed by atoms with E-state index in [1.54, 1.807) is 0 Å². The minimum Gasteiger partial charge on any atom is -0.480 e. The van der Waals surface area contributed by atoms with Crippen molar-refractivity contribution < 1.29 is 9.90 Å². The van der Waals surface area contributed by atoms with Gasteiger partial charge in [-0.1, -0.05) is 0 Å². The van der Waals surface area contributed by atoms with Crippen LogP contribution in [0.1, 0.15) is 19.3 Å². The van der Waals surface area contributed by atoms with Gasteiger partial charge in [0.1, 0.15) is 5.54 Å². The Morgan fingerprint density at radius 1 is 1.50 bits per heavy atom. The van der Waals surface area contributed by atoms with Gasteiger partial charge < -0.3 is 10.8 Å². The van der Waals surface area contributed by atoms with Gasteiger partial charge in [-0.25, -0.2) is 0 Å². The van der Waals surface area contributed by atoms with Crippen molar-refractivity contribution >= 4 is 17.7 Å². The zero-order valence-electron chi connectivity index (χ0n) is 9.52. The van der Waals surface area contributed by atoms with Crippen LogP contribution in [-0.2, 0) is 4.79 Å².